The number of nitrogens with zero attached hydrogens (tertiary/aromatic N) is 2. The average molecular weight is 175 g/mol. The third kappa shape index (κ3) is 1.30. The minimum Gasteiger partial charge on any atom is -0.358 e. The van der Waals surface area contributed by atoms with E-state index < -0.39 is 0 Å². The minimum atomic E-state index is 0.132. The molecule has 0 unspecified atom stereocenters. The lowest BCUT2D eigenvalue weighted by Crippen LogP contribution is -2.10. The summed E-state index contributed by atoms with van der Waals surface area (Å²) in [4.78, 5) is 11.4. The van der Waals surface area contributed by atoms with Crippen molar-refractivity contribution in [2.45, 2.75) is 26.2 Å². The standard InChI is InChI=1S/C10H13N3/c1-10(2,3)7-4-12-8-5-11-6-13-9(7)8/h4-6,12H,1-3H3. The topological polar surface area (TPSA) is 41.6 Å². The van der Waals surface area contributed by atoms with Crippen LogP contribution in [0.4, 0.5) is 0 Å². The summed E-state index contributed by atoms with van der Waals surface area (Å²) < 4.78 is 0. The summed E-state index contributed by atoms with van der Waals surface area (Å²) in [7, 11) is 0. The molecule has 3 heteroatoms. The molecule has 2 rings (SSSR count). The Morgan fingerprint density at radius 1 is 1.31 bits per heavy atom. The van der Waals surface area contributed by atoms with Crippen LogP contribution in [-0.4, -0.2) is 15.0 Å². The van der Waals surface area contributed by atoms with E-state index in [0.29, 0.717) is 0 Å². The molecule has 0 bridgehead atoms. The van der Waals surface area contributed by atoms with Gasteiger partial charge in [0.15, 0.2) is 0 Å². The fraction of sp³-hybridized carbons (Fsp3) is 0.400. The average Bonchev–Trinajstić information content (AvgIpc) is 2.45. The molecule has 0 fully saturated rings. The number of nitrogens with one attached hydrogen (secondary N) is 1. The molecule has 2 aromatic heterocycles. The second kappa shape index (κ2) is 2.55. The van der Waals surface area contributed by atoms with E-state index >= 15 is 0 Å². The van der Waals surface area contributed by atoms with Crippen LogP contribution in [0, 0.1) is 0 Å². The third-order valence-corrected chi connectivity index (χ3v) is 2.15. The maximum absolute atomic E-state index is 4.27. The summed E-state index contributed by atoms with van der Waals surface area (Å²) in [5, 5.41) is 0. The summed E-state index contributed by atoms with van der Waals surface area (Å²) in [5.41, 5.74) is 3.41. The monoisotopic (exact) mass is 175 g/mol. The molecule has 0 aliphatic rings. The second-order valence-corrected chi connectivity index (χ2v) is 4.24. The van der Waals surface area contributed by atoms with Crippen molar-refractivity contribution in [3.8, 4) is 0 Å². The Balaban J connectivity index is 2.72. The van der Waals surface area contributed by atoms with E-state index in [1.165, 1.54) is 5.56 Å². The summed E-state index contributed by atoms with van der Waals surface area (Å²) in [6.07, 6.45) is 5.41. The molecule has 0 radical (unpaired) electrons. The second-order valence-electron chi connectivity index (χ2n) is 4.24. The zero-order chi connectivity index (χ0) is 9.47. The lowest BCUT2D eigenvalue weighted by atomic mass is 9.88. The lowest BCUT2D eigenvalue weighted by Gasteiger charge is -2.16. The molecule has 2 heterocycles. The molecule has 0 aromatic carbocycles. The number of fused-ring (bicyclic) bond motifs is 1. The predicted octanol–water partition coefficient (Wildman–Crippen LogP) is 2.26. The molecule has 0 saturated carbocycles. The van der Waals surface area contributed by atoms with Gasteiger partial charge in [-0.25, -0.2) is 9.97 Å². The number of rotatable bonds is 0. The molecule has 68 valence electrons. The molecular weight excluding hydrogens is 162 g/mol. The Labute approximate surface area is 77.2 Å². The molecule has 0 saturated heterocycles. The maximum atomic E-state index is 4.27. The first kappa shape index (κ1) is 8.23. The van der Waals surface area contributed by atoms with Crippen LogP contribution in [0.3, 0.4) is 0 Å². The molecule has 0 spiro atoms. The van der Waals surface area contributed by atoms with Gasteiger partial charge in [0.05, 0.1) is 17.2 Å². The van der Waals surface area contributed by atoms with E-state index in [1.54, 1.807) is 12.5 Å². The van der Waals surface area contributed by atoms with Gasteiger partial charge in [0, 0.05) is 11.8 Å². The zero-order valence-electron chi connectivity index (χ0n) is 8.13. The first-order valence-corrected chi connectivity index (χ1v) is 4.36. The van der Waals surface area contributed by atoms with E-state index in [4.69, 9.17) is 0 Å². The molecule has 13 heavy (non-hydrogen) atoms. The fourth-order valence-corrected chi connectivity index (χ4v) is 1.44. The highest BCUT2D eigenvalue weighted by Crippen LogP contribution is 2.27. The SMILES string of the molecule is CC(C)(C)c1c[nH]c2cncnc12. The van der Waals surface area contributed by atoms with E-state index in [2.05, 4.69) is 35.7 Å². The highest BCUT2D eigenvalue weighted by atomic mass is 14.9. The molecule has 0 aliphatic carbocycles. The fourth-order valence-electron chi connectivity index (χ4n) is 1.44. The quantitative estimate of drug-likeness (QED) is 0.667. The normalized spacial score (nSPS) is 12.2. The van der Waals surface area contributed by atoms with Crippen LogP contribution in [0.15, 0.2) is 18.7 Å². The molecule has 2 aromatic rings. The van der Waals surface area contributed by atoms with Gasteiger partial charge in [-0.15, -0.1) is 0 Å². The molecule has 0 atom stereocenters. The first-order valence-electron chi connectivity index (χ1n) is 4.36. The van der Waals surface area contributed by atoms with Crippen molar-refractivity contribution in [2.75, 3.05) is 0 Å². The van der Waals surface area contributed by atoms with Gasteiger partial charge in [0.1, 0.15) is 6.33 Å². The smallest absolute Gasteiger partial charge is 0.116 e. The van der Waals surface area contributed by atoms with Gasteiger partial charge in [-0.1, -0.05) is 20.8 Å². The molecule has 0 amide bonds. The van der Waals surface area contributed by atoms with Gasteiger partial charge in [0.2, 0.25) is 0 Å². The van der Waals surface area contributed by atoms with Gasteiger partial charge in [-0.2, -0.15) is 0 Å². The van der Waals surface area contributed by atoms with Crippen LogP contribution in [0.5, 0.6) is 0 Å². The number of aromatic nitrogens is 3. The van der Waals surface area contributed by atoms with Gasteiger partial charge >= 0.3 is 0 Å². The van der Waals surface area contributed by atoms with Crippen molar-refractivity contribution < 1.29 is 0 Å². The highest BCUT2D eigenvalue weighted by molar-refractivity contribution is 5.78. The zero-order valence-corrected chi connectivity index (χ0v) is 8.13. The van der Waals surface area contributed by atoms with Crippen LogP contribution in [0.1, 0.15) is 26.3 Å². The Kier molecular flexibility index (Phi) is 1.62. The summed E-state index contributed by atoms with van der Waals surface area (Å²) in [5.74, 6) is 0. The molecule has 3 nitrogen and oxygen atoms in total. The Hall–Kier alpha value is -1.38. The largest absolute Gasteiger partial charge is 0.358 e. The van der Waals surface area contributed by atoms with Gasteiger partial charge in [-0.05, 0) is 5.41 Å². The van der Waals surface area contributed by atoms with E-state index in [9.17, 15) is 0 Å². The molecule has 1 N–H and O–H groups in total. The van der Waals surface area contributed by atoms with Gasteiger partial charge < -0.3 is 4.98 Å². The number of hydrogen-bond acceptors (Lipinski definition) is 2. The van der Waals surface area contributed by atoms with Crippen LogP contribution in [0.2, 0.25) is 0 Å². The lowest BCUT2D eigenvalue weighted by molar-refractivity contribution is 0.594. The Morgan fingerprint density at radius 2 is 2.08 bits per heavy atom. The van der Waals surface area contributed by atoms with Crippen molar-refractivity contribution in [3.05, 3.63) is 24.3 Å². The van der Waals surface area contributed by atoms with Crippen molar-refractivity contribution in [1.29, 1.82) is 0 Å². The predicted molar refractivity (Wildman–Crippen MR) is 52.6 cm³/mol. The highest BCUT2D eigenvalue weighted by Gasteiger charge is 2.18. The van der Waals surface area contributed by atoms with Crippen molar-refractivity contribution in [2.24, 2.45) is 0 Å². The van der Waals surface area contributed by atoms with E-state index in [1.807, 2.05) is 6.20 Å². The number of aromatic amines is 1. The summed E-state index contributed by atoms with van der Waals surface area (Å²) in [6.45, 7) is 6.53. The van der Waals surface area contributed by atoms with Gasteiger partial charge in [0.25, 0.3) is 0 Å². The van der Waals surface area contributed by atoms with Crippen LogP contribution in [-0.2, 0) is 5.41 Å². The Bertz CT molecular complexity index is 423. The maximum Gasteiger partial charge on any atom is 0.116 e. The van der Waals surface area contributed by atoms with Crippen LogP contribution < -0.4 is 0 Å². The van der Waals surface area contributed by atoms with Crippen LogP contribution >= 0.6 is 0 Å². The Morgan fingerprint density at radius 3 is 2.77 bits per heavy atom. The van der Waals surface area contributed by atoms with Crippen molar-refractivity contribution >= 4 is 11.0 Å². The van der Waals surface area contributed by atoms with Gasteiger partial charge in [-0.3, -0.25) is 0 Å². The first-order chi connectivity index (χ1) is 6.09. The molecule has 0 aliphatic heterocycles. The van der Waals surface area contributed by atoms with Crippen molar-refractivity contribution in [1.82, 2.24) is 15.0 Å². The van der Waals surface area contributed by atoms with E-state index in [0.717, 1.165) is 11.0 Å². The molecular formula is C10H13N3. The van der Waals surface area contributed by atoms with Crippen LogP contribution in [0.25, 0.3) is 11.0 Å². The van der Waals surface area contributed by atoms with Crippen molar-refractivity contribution in [3.63, 3.8) is 0 Å². The summed E-state index contributed by atoms with van der Waals surface area (Å²) >= 11 is 0. The minimum absolute atomic E-state index is 0.132. The van der Waals surface area contributed by atoms with E-state index in [-0.39, 0.29) is 5.41 Å². The number of hydrogen-bond donors (Lipinski definition) is 1. The third-order valence-electron chi connectivity index (χ3n) is 2.15. The summed E-state index contributed by atoms with van der Waals surface area (Å²) in [6, 6.07) is 0. The number of H-pyrrole nitrogens is 1.